The van der Waals surface area contributed by atoms with Gasteiger partial charge in [-0.1, -0.05) is 11.8 Å². The summed E-state index contributed by atoms with van der Waals surface area (Å²) in [5.41, 5.74) is 0.848. The van der Waals surface area contributed by atoms with E-state index in [0.29, 0.717) is 17.2 Å². The summed E-state index contributed by atoms with van der Waals surface area (Å²) in [5.74, 6) is 7.98. The molecule has 0 atom stereocenters. The van der Waals surface area contributed by atoms with Gasteiger partial charge in [-0.2, -0.15) is 0 Å². The van der Waals surface area contributed by atoms with Crippen molar-refractivity contribution in [3.63, 3.8) is 0 Å². The summed E-state index contributed by atoms with van der Waals surface area (Å²) in [7, 11) is 6.67. The minimum absolute atomic E-state index is 0.584. The first kappa shape index (κ1) is 14.2. The Morgan fingerprint density at radius 3 is 2.11 bits per heavy atom. The van der Waals surface area contributed by atoms with Gasteiger partial charge in [0, 0.05) is 18.5 Å². The van der Waals surface area contributed by atoms with Gasteiger partial charge in [0.2, 0.25) is 5.75 Å². The molecule has 0 fully saturated rings. The van der Waals surface area contributed by atoms with Crippen LogP contribution in [0.1, 0.15) is 12.0 Å². The third kappa shape index (κ3) is 3.57. The molecular weight excluding hydrogens is 230 g/mol. The van der Waals surface area contributed by atoms with Crippen molar-refractivity contribution in [3.05, 3.63) is 17.7 Å². The number of methoxy groups -OCH3 is 3. The van der Waals surface area contributed by atoms with Crippen molar-refractivity contribution in [2.75, 3.05) is 34.9 Å². The van der Waals surface area contributed by atoms with Crippen molar-refractivity contribution in [2.45, 2.75) is 6.42 Å². The van der Waals surface area contributed by atoms with Gasteiger partial charge in [0.1, 0.15) is 0 Å². The molecule has 0 aliphatic heterocycles. The summed E-state index contributed by atoms with van der Waals surface area (Å²) in [4.78, 5) is 0. The molecule has 1 aromatic carbocycles. The van der Waals surface area contributed by atoms with Gasteiger partial charge in [-0.05, 0) is 19.2 Å². The normalized spacial score (nSPS) is 9.33. The fourth-order valence-corrected chi connectivity index (χ4v) is 1.51. The molecule has 0 spiro atoms. The number of benzene rings is 1. The minimum atomic E-state index is 0.584. The molecule has 1 N–H and O–H groups in total. The Morgan fingerprint density at radius 2 is 1.67 bits per heavy atom. The van der Waals surface area contributed by atoms with Gasteiger partial charge < -0.3 is 19.5 Å². The second-order valence-electron chi connectivity index (χ2n) is 3.57. The first-order valence-corrected chi connectivity index (χ1v) is 5.70. The van der Waals surface area contributed by atoms with E-state index in [1.165, 1.54) is 0 Å². The Morgan fingerprint density at radius 1 is 1.06 bits per heavy atom. The van der Waals surface area contributed by atoms with Gasteiger partial charge in [0.25, 0.3) is 0 Å². The van der Waals surface area contributed by atoms with Crippen molar-refractivity contribution in [1.82, 2.24) is 5.32 Å². The third-order valence-electron chi connectivity index (χ3n) is 2.40. The maximum Gasteiger partial charge on any atom is 0.203 e. The Labute approximate surface area is 108 Å². The van der Waals surface area contributed by atoms with Crippen molar-refractivity contribution in [3.8, 4) is 29.1 Å². The molecule has 0 saturated carbocycles. The molecule has 0 unspecified atom stereocenters. The number of rotatable bonds is 5. The van der Waals surface area contributed by atoms with E-state index in [0.717, 1.165) is 18.5 Å². The zero-order valence-corrected chi connectivity index (χ0v) is 11.3. The van der Waals surface area contributed by atoms with Crippen LogP contribution in [0, 0.1) is 11.8 Å². The fraction of sp³-hybridized carbons (Fsp3) is 0.429. The summed E-state index contributed by atoms with van der Waals surface area (Å²) < 4.78 is 15.8. The van der Waals surface area contributed by atoms with Crippen LogP contribution in [0.25, 0.3) is 0 Å². The molecule has 4 nitrogen and oxygen atoms in total. The molecule has 0 heterocycles. The van der Waals surface area contributed by atoms with Gasteiger partial charge in [0.05, 0.1) is 21.3 Å². The molecule has 4 heteroatoms. The van der Waals surface area contributed by atoms with Crippen molar-refractivity contribution < 1.29 is 14.2 Å². The Bertz CT molecular complexity index is 421. The monoisotopic (exact) mass is 249 g/mol. The van der Waals surface area contributed by atoms with Crippen LogP contribution in [0.15, 0.2) is 12.1 Å². The lowest BCUT2D eigenvalue weighted by Gasteiger charge is -2.12. The Hall–Kier alpha value is -1.86. The number of hydrogen-bond donors (Lipinski definition) is 1. The van der Waals surface area contributed by atoms with E-state index in [4.69, 9.17) is 14.2 Å². The highest BCUT2D eigenvalue weighted by Gasteiger charge is 2.11. The Balaban J connectivity index is 3.02. The van der Waals surface area contributed by atoms with Crippen molar-refractivity contribution >= 4 is 0 Å². The van der Waals surface area contributed by atoms with Gasteiger partial charge in [-0.25, -0.2) is 0 Å². The molecule has 1 aromatic rings. The maximum absolute atomic E-state index is 5.26. The lowest BCUT2D eigenvalue weighted by Crippen LogP contribution is -2.05. The first-order valence-electron chi connectivity index (χ1n) is 5.70. The van der Waals surface area contributed by atoms with Crippen LogP contribution in [0.2, 0.25) is 0 Å². The van der Waals surface area contributed by atoms with Crippen LogP contribution in [-0.2, 0) is 0 Å². The topological polar surface area (TPSA) is 39.7 Å². The average Bonchev–Trinajstić information content (AvgIpc) is 2.42. The molecule has 0 amide bonds. The zero-order chi connectivity index (χ0) is 13.4. The van der Waals surface area contributed by atoms with Crippen LogP contribution in [0.5, 0.6) is 17.2 Å². The number of nitrogens with one attached hydrogen (secondary N) is 1. The molecule has 0 radical (unpaired) electrons. The molecule has 0 aliphatic rings. The highest BCUT2D eigenvalue weighted by molar-refractivity contribution is 5.57. The molecular formula is C14H19NO3. The molecule has 1 rings (SSSR count). The smallest absolute Gasteiger partial charge is 0.203 e. The van der Waals surface area contributed by atoms with E-state index in [9.17, 15) is 0 Å². The minimum Gasteiger partial charge on any atom is -0.493 e. The summed E-state index contributed by atoms with van der Waals surface area (Å²) in [6.07, 6.45) is 0.799. The van der Waals surface area contributed by atoms with E-state index in [1.54, 1.807) is 21.3 Å². The van der Waals surface area contributed by atoms with E-state index in [1.807, 2.05) is 19.2 Å². The molecule has 18 heavy (non-hydrogen) atoms. The molecule has 98 valence electrons. The van der Waals surface area contributed by atoms with Gasteiger partial charge in [-0.15, -0.1) is 0 Å². The number of ether oxygens (including phenoxy) is 3. The highest BCUT2D eigenvalue weighted by Crippen LogP contribution is 2.37. The zero-order valence-electron chi connectivity index (χ0n) is 11.3. The van der Waals surface area contributed by atoms with Crippen molar-refractivity contribution in [2.24, 2.45) is 0 Å². The van der Waals surface area contributed by atoms with Crippen LogP contribution >= 0.6 is 0 Å². The quantitative estimate of drug-likeness (QED) is 0.636. The second kappa shape index (κ2) is 7.46. The van der Waals surface area contributed by atoms with E-state index < -0.39 is 0 Å². The van der Waals surface area contributed by atoms with Gasteiger partial charge >= 0.3 is 0 Å². The SMILES string of the molecule is CNCCC#Cc1cc(OC)c(OC)c(OC)c1. The van der Waals surface area contributed by atoms with Crippen LogP contribution in [-0.4, -0.2) is 34.9 Å². The van der Waals surface area contributed by atoms with Crippen LogP contribution < -0.4 is 19.5 Å². The van der Waals surface area contributed by atoms with E-state index in [-0.39, 0.29) is 0 Å². The van der Waals surface area contributed by atoms with Gasteiger partial charge in [0.15, 0.2) is 11.5 Å². The predicted molar refractivity (Wildman–Crippen MR) is 71.5 cm³/mol. The fourth-order valence-electron chi connectivity index (χ4n) is 1.51. The lowest BCUT2D eigenvalue weighted by atomic mass is 10.2. The molecule has 0 aliphatic carbocycles. The van der Waals surface area contributed by atoms with Crippen molar-refractivity contribution in [1.29, 1.82) is 0 Å². The average molecular weight is 249 g/mol. The highest BCUT2D eigenvalue weighted by atomic mass is 16.5. The molecule has 0 bridgehead atoms. The lowest BCUT2D eigenvalue weighted by molar-refractivity contribution is 0.324. The van der Waals surface area contributed by atoms with Crippen LogP contribution in [0.3, 0.4) is 0 Å². The van der Waals surface area contributed by atoms with Crippen LogP contribution in [0.4, 0.5) is 0 Å². The number of hydrogen-bond acceptors (Lipinski definition) is 4. The summed E-state index contributed by atoms with van der Waals surface area (Å²) in [6, 6.07) is 3.68. The summed E-state index contributed by atoms with van der Waals surface area (Å²) in [5, 5.41) is 3.05. The molecule has 0 saturated heterocycles. The third-order valence-corrected chi connectivity index (χ3v) is 2.40. The van der Waals surface area contributed by atoms with Gasteiger partial charge in [-0.3, -0.25) is 0 Å². The second-order valence-corrected chi connectivity index (χ2v) is 3.57. The largest absolute Gasteiger partial charge is 0.493 e. The van der Waals surface area contributed by atoms with E-state index in [2.05, 4.69) is 17.2 Å². The molecule has 0 aromatic heterocycles. The summed E-state index contributed by atoms with van der Waals surface area (Å²) >= 11 is 0. The predicted octanol–water partition coefficient (Wildman–Crippen LogP) is 1.67. The maximum atomic E-state index is 5.26. The van der Waals surface area contributed by atoms with E-state index >= 15 is 0 Å². The summed E-state index contributed by atoms with van der Waals surface area (Å²) in [6.45, 7) is 0.872. The Kier molecular flexibility index (Phi) is 5.89. The standard InChI is InChI=1S/C14H19NO3/c1-15-8-6-5-7-11-9-12(16-2)14(18-4)13(10-11)17-3/h9-10,15H,6,8H2,1-4H3. The first-order chi connectivity index (χ1) is 8.76.